The summed E-state index contributed by atoms with van der Waals surface area (Å²) >= 11 is 1.69. The average Bonchev–Trinajstić information content (AvgIpc) is 3.04. The Morgan fingerprint density at radius 2 is 2.19 bits per heavy atom. The zero-order valence-corrected chi connectivity index (χ0v) is 12.7. The van der Waals surface area contributed by atoms with Gasteiger partial charge in [-0.1, -0.05) is 6.07 Å². The molecule has 116 valence electrons. The lowest BCUT2D eigenvalue weighted by atomic mass is 9.96. The molecule has 1 aromatic rings. The maximum Gasteiger partial charge on any atom is 0.248 e. The minimum absolute atomic E-state index is 0.00668. The highest BCUT2D eigenvalue weighted by Crippen LogP contribution is 2.17. The van der Waals surface area contributed by atoms with Gasteiger partial charge in [-0.05, 0) is 24.3 Å². The summed E-state index contributed by atoms with van der Waals surface area (Å²) in [5.41, 5.74) is 2.17. The van der Waals surface area contributed by atoms with E-state index in [9.17, 15) is 9.59 Å². The van der Waals surface area contributed by atoms with Crippen LogP contribution in [0, 0.1) is 5.92 Å². The number of hydrogen-bond acceptors (Lipinski definition) is 5. The monoisotopic (exact) mass is 311 g/mol. The zero-order valence-electron chi connectivity index (χ0n) is 11.9. The molecule has 1 aliphatic rings. The van der Waals surface area contributed by atoms with Crippen molar-refractivity contribution in [3.8, 4) is 0 Å². The molecule has 1 saturated heterocycles. The Labute approximate surface area is 128 Å². The first-order valence-corrected chi connectivity index (χ1v) is 7.97. The van der Waals surface area contributed by atoms with Gasteiger partial charge in [0.05, 0.1) is 6.61 Å². The second-order valence-corrected chi connectivity index (χ2v) is 6.08. The third-order valence-corrected chi connectivity index (χ3v) is 4.60. The van der Waals surface area contributed by atoms with Gasteiger partial charge in [-0.2, -0.15) is 0 Å². The molecule has 2 rings (SSSR count). The van der Waals surface area contributed by atoms with E-state index in [0.29, 0.717) is 32.5 Å². The van der Waals surface area contributed by atoms with Crippen molar-refractivity contribution in [3.05, 3.63) is 22.4 Å². The van der Waals surface area contributed by atoms with Gasteiger partial charge in [0.15, 0.2) is 0 Å². The first-order chi connectivity index (χ1) is 10.2. The van der Waals surface area contributed by atoms with Crippen LogP contribution < -0.4 is 11.3 Å². The van der Waals surface area contributed by atoms with Crippen molar-refractivity contribution in [3.63, 3.8) is 0 Å². The van der Waals surface area contributed by atoms with Crippen LogP contribution in [0.4, 0.5) is 0 Å². The largest absolute Gasteiger partial charge is 0.371 e. The fourth-order valence-corrected chi connectivity index (χ4v) is 3.08. The molecule has 1 aliphatic heterocycles. The maximum atomic E-state index is 12.0. The van der Waals surface area contributed by atoms with E-state index in [1.165, 1.54) is 4.88 Å². The molecule has 1 fully saturated rings. The van der Waals surface area contributed by atoms with E-state index in [2.05, 4.69) is 11.5 Å². The van der Waals surface area contributed by atoms with Gasteiger partial charge in [-0.3, -0.25) is 15.0 Å². The quantitative estimate of drug-likeness (QED) is 0.347. The van der Waals surface area contributed by atoms with Crippen molar-refractivity contribution >= 4 is 23.2 Å². The number of hydrazine groups is 1. The van der Waals surface area contributed by atoms with Gasteiger partial charge in [0, 0.05) is 30.3 Å². The zero-order chi connectivity index (χ0) is 15.1. The molecule has 0 spiro atoms. The predicted molar refractivity (Wildman–Crippen MR) is 80.5 cm³/mol. The van der Waals surface area contributed by atoms with E-state index in [1.54, 1.807) is 16.2 Å². The lowest BCUT2D eigenvalue weighted by Crippen LogP contribution is -2.45. The van der Waals surface area contributed by atoms with Crippen LogP contribution in [0.1, 0.15) is 17.7 Å². The Hall–Kier alpha value is -1.44. The minimum Gasteiger partial charge on any atom is -0.371 e. The summed E-state index contributed by atoms with van der Waals surface area (Å²) in [5.74, 6) is 4.88. The molecule has 21 heavy (non-hydrogen) atoms. The SMILES string of the molecule is NNC(=O)C1CCN(C(=O)COCCc2cccs2)CC1. The van der Waals surface area contributed by atoms with E-state index in [-0.39, 0.29) is 24.3 Å². The molecule has 0 aliphatic carbocycles. The molecule has 0 bridgehead atoms. The van der Waals surface area contributed by atoms with Gasteiger partial charge in [0.1, 0.15) is 6.61 Å². The summed E-state index contributed by atoms with van der Waals surface area (Å²) in [6.45, 7) is 1.84. The van der Waals surface area contributed by atoms with Gasteiger partial charge in [0.25, 0.3) is 0 Å². The van der Waals surface area contributed by atoms with Crippen molar-refractivity contribution in [1.29, 1.82) is 0 Å². The molecule has 0 radical (unpaired) electrons. The number of nitrogens with zero attached hydrogens (tertiary/aromatic N) is 1. The summed E-state index contributed by atoms with van der Waals surface area (Å²) in [4.78, 5) is 26.4. The van der Waals surface area contributed by atoms with Gasteiger partial charge < -0.3 is 9.64 Å². The summed E-state index contributed by atoms with van der Waals surface area (Å²) in [7, 11) is 0. The molecule has 3 N–H and O–H groups in total. The van der Waals surface area contributed by atoms with Crippen molar-refractivity contribution in [2.45, 2.75) is 19.3 Å². The number of ether oxygens (including phenoxy) is 1. The maximum absolute atomic E-state index is 12.0. The average molecular weight is 311 g/mol. The lowest BCUT2D eigenvalue weighted by molar-refractivity contribution is -0.139. The fourth-order valence-electron chi connectivity index (χ4n) is 2.39. The summed E-state index contributed by atoms with van der Waals surface area (Å²) in [5, 5.41) is 2.03. The number of piperidine rings is 1. The Kier molecular flexibility index (Phi) is 6.16. The van der Waals surface area contributed by atoms with Crippen LogP contribution in [0.3, 0.4) is 0 Å². The second-order valence-electron chi connectivity index (χ2n) is 5.05. The number of rotatable bonds is 6. The highest BCUT2D eigenvalue weighted by Gasteiger charge is 2.26. The van der Waals surface area contributed by atoms with Gasteiger partial charge in [-0.25, -0.2) is 5.84 Å². The lowest BCUT2D eigenvalue weighted by Gasteiger charge is -2.30. The highest BCUT2D eigenvalue weighted by atomic mass is 32.1. The van der Waals surface area contributed by atoms with Gasteiger partial charge >= 0.3 is 0 Å². The molecule has 1 aromatic heterocycles. The summed E-state index contributed by atoms with van der Waals surface area (Å²) < 4.78 is 5.43. The topological polar surface area (TPSA) is 84.7 Å². The first kappa shape index (κ1) is 15.9. The number of carbonyl (C=O) groups is 2. The Balaban J connectivity index is 1.62. The van der Waals surface area contributed by atoms with Crippen LogP contribution in [-0.4, -0.2) is 43.0 Å². The van der Waals surface area contributed by atoms with Gasteiger partial charge in [-0.15, -0.1) is 11.3 Å². The first-order valence-electron chi connectivity index (χ1n) is 7.09. The van der Waals surface area contributed by atoms with Crippen LogP contribution >= 0.6 is 11.3 Å². The molecule has 2 amide bonds. The molecule has 7 heteroatoms. The third-order valence-electron chi connectivity index (χ3n) is 3.66. The molecular formula is C14H21N3O3S. The number of amides is 2. The fraction of sp³-hybridized carbons (Fsp3) is 0.571. The highest BCUT2D eigenvalue weighted by molar-refractivity contribution is 7.09. The Morgan fingerprint density at radius 1 is 1.43 bits per heavy atom. The van der Waals surface area contributed by atoms with Crippen molar-refractivity contribution in [2.24, 2.45) is 11.8 Å². The number of nitrogens with two attached hydrogens (primary N) is 1. The van der Waals surface area contributed by atoms with E-state index >= 15 is 0 Å². The number of carbonyl (C=O) groups excluding carboxylic acids is 2. The third kappa shape index (κ3) is 4.80. The molecule has 0 saturated carbocycles. The smallest absolute Gasteiger partial charge is 0.248 e. The van der Waals surface area contributed by atoms with Gasteiger partial charge in [0.2, 0.25) is 11.8 Å². The number of hydrogen-bond donors (Lipinski definition) is 2. The predicted octanol–water partition coefficient (Wildman–Crippen LogP) is 0.536. The van der Waals surface area contributed by atoms with Crippen molar-refractivity contribution in [2.75, 3.05) is 26.3 Å². The van der Waals surface area contributed by atoms with Crippen LogP contribution in [0.2, 0.25) is 0 Å². The standard InChI is InChI=1S/C14H21N3O3S/c15-16-14(19)11-3-6-17(7-4-11)13(18)10-20-8-5-12-2-1-9-21-12/h1-2,9,11H,3-8,10,15H2,(H,16,19). The molecule has 6 nitrogen and oxygen atoms in total. The van der Waals surface area contributed by atoms with E-state index in [4.69, 9.17) is 10.6 Å². The summed E-state index contributed by atoms with van der Waals surface area (Å²) in [6, 6.07) is 4.07. The van der Waals surface area contributed by atoms with Crippen molar-refractivity contribution in [1.82, 2.24) is 10.3 Å². The molecular weight excluding hydrogens is 290 g/mol. The molecule has 0 unspecified atom stereocenters. The van der Waals surface area contributed by atoms with Crippen LogP contribution in [-0.2, 0) is 20.7 Å². The Morgan fingerprint density at radius 3 is 2.81 bits per heavy atom. The van der Waals surface area contributed by atoms with Crippen LogP contribution in [0.15, 0.2) is 17.5 Å². The normalized spacial score (nSPS) is 16.0. The second kappa shape index (κ2) is 8.11. The van der Waals surface area contributed by atoms with Crippen LogP contribution in [0.25, 0.3) is 0 Å². The number of thiophene rings is 1. The van der Waals surface area contributed by atoms with E-state index in [1.807, 2.05) is 11.4 Å². The van der Waals surface area contributed by atoms with Crippen LogP contribution in [0.5, 0.6) is 0 Å². The van der Waals surface area contributed by atoms with E-state index in [0.717, 1.165) is 6.42 Å². The van der Waals surface area contributed by atoms with Crippen molar-refractivity contribution < 1.29 is 14.3 Å². The number of nitrogens with one attached hydrogen (secondary N) is 1. The molecule has 0 aromatic carbocycles. The molecule has 0 atom stereocenters. The summed E-state index contributed by atoms with van der Waals surface area (Å²) in [6.07, 6.45) is 2.15. The van der Waals surface area contributed by atoms with E-state index < -0.39 is 0 Å². The molecule has 2 heterocycles. The Bertz CT molecular complexity index is 456. The minimum atomic E-state index is -0.144. The number of likely N-dealkylation sites (tertiary alicyclic amines) is 1.